The van der Waals surface area contributed by atoms with E-state index in [1.54, 1.807) is 4.90 Å². The van der Waals surface area contributed by atoms with Crippen LogP contribution in [0.25, 0.3) is 6.08 Å². The first-order valence-corrected chi connectivity index (χ1v) is 7.58. The molecule has 5 nitrogen and oxygen atoms in total. The number of carbonyl (C=O) groups is 1. The first-order valence-electron chi connectivity index (χ1n) is 7.58. The van der Waals surface area contributed by atoms with E-state index in [0.717, 1.165) is 12.0 Å². The van der Waals surface area contributed by atoms with Crippen molar-refractivity contribution in [3.8, 4) is 17.6 Å². The number of benzene rings is 2. The highest BCUT2D eigenvalue weighted by Crippen LogP contribution is 2.26. The molecule has 0 aliphatic carbocycles. The van der Waals surface area contributed by atoms with Gasteiger partial charge in [0.15, 0.2) is 11.5 Å². The van der Waals surface area contributed by atoms with Gasteiger partial charge in [0.25, 0.3) is 5.91 Å². The summed E-state index contributed by atoms with van der Waals surface area (Å²) in [5, 5.41) is 28.2. The smallest absolute Gasteiger partial charge is 0.264 e. The van der Waals surface area contributed by atoms with Gasteiger partial charge in [-0.2, -0.15) is 5.26 Å². The van der Waals surface area contributed by atoms with Crippen molar-refractivity contribution >= 4 is 12.0 Å². The summed E-state index contributed by atoms with van der Waals surface area (Å²) in [6, 6.07) is 14.1. The van der Waals surface area contributed by atoms with Crippen molar-refractivity contribution in [3.05, 3.63) is 64.7 Å². The zero-order chi connectivity index (χ0) is 17.1. The maximum absolute atomic E-state index is 12.6. The topological polar surface area (TPSA) is 84.6 Å². The molecule has 0 aromatic heterocycles. The van der Waals surface area contributed by atoms with E-state index in [1.807, 2.05) is 24.3 Å². The first kappa shape index (κ1) is 15.6. The van der Waals surface area contributed by atoms with Crippen LogP contribution in [0, 0.1) is 11.3 Å². The fourth-order valence-electron chi connectivity index (χ4n) is 2.78. The van der Waals surface area contributed by atoms with E-state index in [0.29, 0.717) is 18.7 Å². The molecule has 0 saturated carbocycles. The summed E-state index contributed by atoms with van der Waals surface area (Å²) in [6.07, 6.45) is 2.18. The van der Waals surface area contributed by atoms with E-state index in [9.17, 15) is 20.3 Å². The van der Waals surface area contributed by atoms with Gasteiger partial charge in [-0.1, -0.05) is 30.3 Å². The highest BCUT2D eigenvalue weighted by molar-refractivity contribution is 6.01. The fraction of sp³-hybridized carbons (Fsp3) is 0.158. The lowest BCUT2D eigenvalue weighted by atomic mass is 9.99. The Morgan fingerprint density at radius 2 is 1.88 bits per heavy atom. The molecule has 1 aliphatic rings. The Bertz CT molecular complexity index is 865. The van der Waals surface area contributed by atoms with Crippen LogP contribution in [0.2, 0.25) is 0 Å². The first-order chi connectivity index (χ1) is 11.6. The second-order valence-electron chi connectivity index (χ2n) is 5.66. The average Bonchev–Trinajstić information content (AvgIpc) is 2.61. The molecule has 1 amide bonds. The van der Waals surface area contributed by atoms with Crippen LogP contribution in [-0.4, -0.2) is 27.6 Å². The lowest BCUT2D eigenvalue weighted by Crippen LogP contribution is -2.36. The highest BCUT2D eigenvalue weighted by atomic mass is 16.3. The van der Waals surface area contributed by atoms with Gasteiger partial charge in [-0.25, -0.2) is 0 Å². The Balaban J connectivity index is 1.84. The number of nitriles is 1. The van der Waals surface area contributed by atoms with Crippen LogP contribution in [0.3, 0.4) is 0 Å². The zero-order valence-electron chi connectivity index (χ0n) is 12.9. The van der Waals surface area contributed by atoms with Crippen molar-refractivity contribution in [2.75, 3.05) is 6.54 Å². The number of aromatic hydroxyl groups is 2. The number of phenols is 2. The Morgan fingerprint density at radius 3 is 2.58 bits per heavy atom. The molecule has 0 atom stereocenters. The van der Waals surface area contributed by atoms with Gasteiger partial charge in [0, 0.05) is 13.1 Å². The minimum absolute atomic E-state index is 0.000490. The Morgan fingerprint density at radius 1 is 1.12 bits per heavy atom. The fourth-order valence-corrected chi connectivity index (χ4v) is 2.78. The van der Waals surface area contributed by atoms with Gasteiger partial charge in [-0.3, -0.25) is 4.79 Å². The van der Waals surface area contributed by atoms with Gasteiger partial charge in [0.2, 0.25) is 0 Å². The lowest BCUT2D eigenvalue weighted by Gasteiger charge is -2.28. The second-order valence-corrected chi connectivity index (χ2v) is 5.66. The van der Waals surface area contributed by atoms with E-state index in [4.69, 9.17) is 0 Å². The third-order valence-corrected chi connectivity index (χ3v) is 4.08. The quantitative estimate of drug-likeness (QED) is 0.506. The summed E-state index contributed by atoms with van der Waals surface area (Å²) in [6.45, 7) is 1.05. The maximum Gasteiger partial charge on any atom is 0.264 e. The molecule has 0 radical (unpaired) electrons. The second kappa shape index (κ2) is 6.47. The molecular formula is C19H16N2O3. The van der Waals surface area contributed by atoms with Crippen molar-refractivity contribution < 1.29 is 15.0 Å². The van der Waals surface area contributed by atoms with Gasteiger partial charge < -0.3 is 15.1 Å². The van der Waals surface area contributed by atoms with Crippen LogP contribution in [0.4, 0.5) is 0 Å². The molecule has 24 heavy (non-hydrogen) atoms. The summed E-state index contributed by atoms with van der Waals surface area (Å²) in [7, 11) is 0. The number of rotatable bonds is 2. The van der Waals surface area contributed by atoms with E-state index in [-0.39, 0.29) is 23.0 Å². The predicted octanol–water partition coefficient (Wildman–Crippen LogP) is 2.59. The number of nitrogens with zero attached hydrogens (tertiary/aromatic N) is 2. The summed E-state index contributed by atoms with van der Waals surface area (Å²) in [5.41, 5.74) is 2.80. The van der Waals surface area contributed by atoms with Gasteiger partial charge in [0.05, 0.1) is 0 Å². The molecule has 0 unspecified atom stereocenters. The molecule has 2 aromatic carbocycles. The number of carbonyl (C=O) groups excluding carboxylic acids is 1. The van der Waals surface area contributed by atoms with Crippen LogP contribution in [-0.2, 0) is 17.8 Å². The summed E-state index contributed by atoms with van der Waals surface area (Å²) in [5.74, 6) is -0.871. The van der Waals surface area contributed by atoms with Crippen LogP contribution in [0.1, 0.15) is 16.7 Å². The summed E-state index contributed by atoms with van der Waals surface area (Å²) >= 11 is 0. The summed E-state index contributed by atoms with van der Waals surface area (Å²) in [4.78, 5) is 14.3. The summed E-state index contributed by atoms with van der Waals surface area (Å²) < 4.78 is 0. The van der Waals surface area contributed by atoms with Gasteiger partial charge >= 0.3 is 0 Å². The van der Waals surface area contributed by atoms with Gasteiger partial charge in [-0.15, -0.1) is 0 Å². The Hall–Kier alpha value is -3.26. The number of fused-ring (bicyclic) bond motifs is 1. The van der Waals surface area contributed by atoms with Crippen LogP contribution < -0.4 is 0 Å². The van der Waals surface area contributed by atoms with Crippen molar-refractivity contribution in [1.29, 1.82) is 5.26 Å². The zero-order valence-corrected chi connectivity index (χ0v) is 12.9. The van der Waals surface area contributed by atoms with E-state index >= 15 is 0 Å². The van der Waals surface area contributed by atoms with Crippen LogP contribution >= 0.6 is 0 Å². The lowest BCUT2D eigenvalue weighted by molar-refractivity contribution is -0.127. The predicted molar refractivity (Wildman–Crippen MR) is 88.9 cm³/mol. The van der Waals surface area contributed by atoms with Crippen molar-refractivity contribution in [1.82, 2.24) is 4.90 Å². The Labute approximate surface area is 139 Å². The molecule has 0 fully saturated rings. The van der Waals surface area contributed by atoms with E-state index in [2.05, 4.69) is 6.07 Å². The Kier molecular flexibility index (Phi) is 4.21. The number of amides is 1. The number of hydrogen-bond acceptors (Lipinski definition) is 4. The van der Waals surface area contributed by atoms with Crippen molar-refractivity contribution in [3.63, 3.8) is 0 Å². The van der Waals surface area contributed by atoms with Crippen molar-refractivity contribution in [2.45, 2.75) is 13.0 Å². The van der Waals surface area contributed by atoms with E-state index in [1.165, 1.54) is 29.8 Å². The molecule has 0 saturated heterocycles. The molecule has 0 spiro atoms. The molecule has 3 rings (SSSR count). The van der Waals surface area contributed by atoms with Gasteiger partial charge in [-0.05, 0) is 41.3 Å². The third kappa shape index (κ3) is 3.08. The molecule has 1 heterocycles. The molecule has 2 aromatic rings. The minimum Gasteiger partial charge on any atom is -0.504 e. The third-order valence-electron chi connectivity index (χ3n) is 4.08. The van der Waals surface area contributed by atoms with Gasteiger partial charge in [0.1, 0.15) is 11.6 Å². The monoisotopic (exact) mass is 320 g/mol. The van der Waals surface area contributed by atoms with E-state index < -0.39 is 0 Å². The highest BCUT2D eigenvalue weighted by Gasteiger charge is 2.23. The minimum atomic E-state index is -0.334. The van der Waals surface area contributed by atoms with Crippen LogP contribution in [0.15, 0.2) is 48.0 Å². The molecule has 0 bridgehead atoms. The molecule has 1 aliphatic heterocycles. The maximum atomic E-state index is 12.6. The van der Waals surface area contributed by atoms with Crippen LogP contribution in [0.5, 0.6) is 11.5 Å². The molecule has 120 valence electrons. The van der Waals surface area contributed by atoms with Crippen molar-refractivity contribution in [2.24, 2.45) is 0 Å². The standard InChI is InChI=1S/C19H16N2O3/c20-11-16(9-13-5-6-17(22)18(23)10-13)19(24)21-8-7-14-3-1-2-4-15(14)12-21/h1-6,9-10,22-23H,7-8,12H2/b16-9+. The SMILES string of the molecule is N#C/C(=C\c1ccc(O)c(O)c1)C(=O)N1CCc2ccccc2C1. The molecule has 5 heteroatoms. The largest absolute Gasteiger partial charge is 0.504 e. The normalized spacial score (nSPS) is 14.0. The number of hydrogen-bond donors (Lipinski definition) is 2. The number of phenolic OH excluding ortho intramolecular Hbond substituents is 2. The molecule has 2 N–H and O–H groups in total. The molecular weight excluding hydrogens is 304 g/mol. The average molecular weight is 320 g/mol.